The average molecular weight is 148 g/mol. The van der Waals surface area contributed by atoms with Crippen molar-refractivity contribution in [3.63, 3.8) is 0 Å². The number of nitrogens with zero attached hydrogens (tertiary/aromatic N) is 2. The number of nitriles is 1. The van der Waals surface area contributed by atoms with Crippen molar-refractivity contribution in [2.24, 2.45) is 0 Å². The number of pyridine rings is 1. The van der Waals surface area contributed by atoms with Gasteiger partial charge in [0, 0.05) is 0 Å². The van der Waals surface area contributed by atoms with Crippen LogP contribution in [0.1, 0.15) is 24.4 Å². The maximum Gasteiger partial charge on any atom is 0.140 e. The number of aliphatic hydroxyl groups is 1. The molecule has 0 aliphatic heterocycles. The molecule has 0 aliphatic rings. The zero-order valence-electron chi connectivity index (χ0n) is 6.15. The summed E-state index contributed by atoms with van der Waals surface area (Å²) in [7, 11) is 0. The highest BCUT2D eigenvalue weighted by molar-refractivity contribution is 5.22. The normalized spacial score (nSPS) is 12.1. The summed E-state index contributed by atoms with van der Waals surface area (Å²) in [4.78, 5) is 3.88. The van der Waals surface area contributed by atoms with E-state index in [2.05, 4.69) is 4.98 Å². The van der Waals surface area contributed by atoms with Crippen molar-refractivity contribution in [1.29, 1.82) is 5.26 Å². The molecule has 0 saturated carbocycles. The minimum atomic E-state index is -0.608. The van der Waals surface area contributed by atoms with Crippen LogP contribution in [0.25, 0.3) is 0 Å². The summed E-state index contributed by atoms with van der Waals surface area (Å²) >= 11 is 0. The Balaban J connectivity index is 3.03. The second-order valence-corrected chi connectivity index (χ2v) is 2.24. The molecule has 0 aliphatic carbocycles. The van der Waals surface area contributed by atoms with E-state index in [1.807, 2.05) is 6.07 Å². The third-order valence-corrected chi connectivity index (χ3v) is 1.31. The molecule has 1 atom stereocenters. The predicted octanol–water partition coefficient (Wildman–Crippen LogP) is 1.01. The molecule has 3 heteroatoms. The van der Waals surface area contributed by atoms with Crippen LogP contribution >= 0.6 is 0 Å². The molecule has 1 aromatic heterocycles. The maximum atomic E-state index is 9.07. The molecule has 56 valence electrons. The second-order valence-electron chi connectivity index (χ2n) is 2.24. The largest absolute Gasteiger partial charge is 0.387 e. The molecule has 1 N–H and O–H groups in total. The highest BCUT2D eigenvalue weighted by Crippen LogP contribution is 2.07. The van der Waals surface area contributed by atoms with Crippen LogP contribution in [0.15, 0.2) is 18.2 Å². The molecule has 11 heavy (non-hydrogen) atoms. The fraction of sp³-hybridized carbons (Fsp3) is 0.250. The van der Waals surface area contributed by atoms with E-state index >= 15 is 0 Å². The van der Waals surface area contributed by atoms with Crippen LogP contribution in [0, 0.1) is 11.3 Å². The Bertz CT molecular complexity index is 288. The minimum Gasteiger partial charge on any atom is -0.387 e. The van der Waals surface area contributed by atoms with E-state index in [1.54, 1.807) is 25.1 Å². The molecule has 0 amide bonds. The SMILES string of the molecule is CC(O)c1cccc(C#N)n1. The first-order chi connectivity index (χ1) is 5.24. The molecule has 1 unspecified atom stereocenters. The van der Waals surface area contributed by atoms with E-state index in [0.29, 0.717) is 11.4 Å². The standard InChI is InChI=1S/C8H8N2O/c1-6(11)8-4-2-3-7(5-9)10-8/h2-4,6,11H,1H3. The molecule has 1 rings (SSSR count). The molecular formula is C8H8N2O. The van der Waals surface area contributed by atoms with E-state index < -0.39 is 6.10 Å². The summed E-state index contributed by atoms with van der Waals surface area (Å²) < 4.78 is 0. The topological polar surface area (TPSA) is 56.9 Å². The van der Waals surface area contributed by atoms with Crippen molar-refractivity contribution in [2.75, 3.05) is 0 Å². The van der Waals surface area contributed by atoms with Gasteiger partial charge in [-0.15, -0.1) is 0 Å². The first-order valence-electron chi connectivity index (χ1n) is 3.29. The highest BCUT2D eigenvalue weighted by Gasteiger charge is 2.01. The fourth-order valence-corrected chi connectivity index (χ4v) is 0.746. The van der Waals surface area contributed by atoms with Crippen molar-refractivity contribution < 1.29 is 5.11 Å². The summed E-state index contributed by atoms with van der Waals surface area (Å²) in [6.07, 6.45) is -0.608. The van der Waals surface area contributed by atoms with Gasteiger partial charge in [0.1, 0.15) is 11.8 Å². The van der Waals surface area contributed by atoms with E-state index in [0.717, 1.165) is 0 Å². The van der Waals surface area contributed by atoms with Crippen LogP contribution in [0.3, 0.4) is 0 Å². The van der Waals surface area contributed by atoms with Gasteiger partial charge in [-0.1, -0.05) is 6.07 Å². The molecule has 0 aromatic carbocycles. The lowest BCUT2D eigenvalue weighted by molar-refractivity contribution is 0.194. The van der Waals surface area contributed by atoms with Gasteiger partial charge in [0.15, 0.2) is 0 Å². The van der Waals surface area contributed by atoms with Gasteiger partial charge in [-0.05, 0) is 19.1 Å². The molecule has 0 radical (unpaired) electrons. The Kier molecular flexibility index (Phi) is 2.19. The zero-order valence-corrected chi connectivity index (χ0v) is 6.15. The van der Waals surface area contributed by atoms with Crippen LogP contribution in [0.4, 0.5) is 0 Å². The first-order valence-corrected chi connectivity index (χ1v) is 3.29. The summed E-state index contributed by atoms with van der Waals surface area (Å²) in [5.41, 5.74) is 0.868. The Labute approximate surface area is 64.9 Å². The molecular weight excluding hydrogens is 140 g/mol. The number of hydrogen-bond acceptors (Lipinski definition) is 3. The van der Waals surface area contributed by atoms with E-state index in [4.69, 9.17) is 10.4 Å². The fourth-order valence-electron chi connectivity index (χ4n) is 0.746. The van der Waals surface area contributed by atoms with Crippen LogP contribution in [0.2, 0.25) is 0 Å². The quantitative estimate of drug-likeness (QED) is 0.646. The minimum absolute atomic E-state index is 0.336. The molecule has 0 bridgehead atoms. The van der Waals surface area contributed by atoms with Gasteiger partial charge in [-0.2, -0.15) is 5.26 Å². The molecule has 0 fully saturated rings. The predicted molar refractivity (Wildman–Crippen MR) is 39.6 cm³/mol. The van der Waals surface area contributed by atoms with Gasteiger partial charge >= 0.3 is 0 Å². The van der Waals surface area contributed by atoms with Crippen molar-refractivity contribution in [2.45, 2.75) is 13.0 Å². The smallest absolute Gasteiger partial charge is 0.140 e. The third-order valence-electron chi connectivity index (χ3n) is 1.31. The number of aliphatic hydroxyl groups excluding tert-OH is 1. The average Bonchev–Trinajstić information content (AvgIpc) is 2.05. The Hall–Kier alpha value is -1.40. The van der Waals surface area contributed by atoms with Gasteiger partial charge in [0.25, 0.3) is 0 Å². The molecule has 3 nitrogen and oxygen atoms in total. The van der Waals surface area contributed by atoms with E-state index in [9.17, 15) is 0 Å². The summed E-state index contributed by atoms with van der Waals surface area (Å²) in [5.74, 6) is 0. The van der Waals surface area contributed by atoms with Crippen molar-refractivity contribution in [3.05, 3.63) is 29.6 Å². The summed E-state index contributed by atoms with van der Waals surface area (Å²) in [5, 5.41) is 17.5. The van der Waals surface area contributed by atoms with Crippen LogP contribution < -0.4 is 0 Å². The first kappa shape index (κ1) is 7.70. The van der Waals surface area contributed by atoms with Crippen LogP contribution in [-0.2, 0) is 0 Å². The Morgan fingerprint density at radius 2 is 2.36 bits per heavy atom. The Morgan fingerprint density at radius 3 is 2.91 bits per heavy atom. The van der Waals surface area contributed by atoms with Crippen molar-refractivity contribution in [3.8, 4) is 6.07 Å². The van der Waals surface area contributed by atoms with Gasteiger partial charge in [0.05, 0.1) is 11.8 Å². The monoisotopic (exact) mass is 148 g/mol. The highest BCUT2D eigenvalue weighted by atomic mass is 16.3. The van der Waals surface area contributed by atoms with Crippen molar-refractivity contribution in [1.82, 2.24) is 4.98 Å². The maximum absolute atomic E-state index is 9.07. The zero-order chi connectivity index (χ0) is 8.27. The Morgan fingerprint density at radius 1 is 1.64 bits per heavy atom. The number of aromatic nitrogens is 1. The van der Waals surface area contributed by atoms with Crippen LogP contribution in [0.5, 0.6) is 0 Å². The van der Waals surface area contributed by atoms with Gasteiger partial charge < -0.3 is 5.11 Å². The summed E-state index contributed by atoms with van der Waals surface area (Å²) in [6.45, 7) is 1.61. The van der Waals surface area contributed by atoms with Gasteiger partial charge in [-0.3, -0.25) is 0 Å². The number of hydrogen-bond donors (Lipinski definition) is 1. The third kappa shape index (κ3) is 1.76. The summed E-state index contributed by atoms with van der Waals surface area (Å²) in [6, 6.07) is 6.89. The lowest BCUT2D eigenvalue weighted by Crippen LogP contribution is -1.96. The number of rotatable bonds is 1. The molecule has 0 saturated heterocycles. The van der Waals surface area contributed by atoms with E-state index in [-0.39, 0.29) is 0 Å². The van der Waals surface area contributed by atoms with Gasteiger partial charge in [-0.25, -0.2) is 4.98 Å². The van der Waals surface area contributed by atoms with Crippen LogP contribution in [-0.4, -0.2) is 10.1 Å². The lowest BCUT2D eigenvalue weighted by atomic mass is 10.2. The second kappa shape index (κ2) is 3.13. The van der Waals surface area contributed by atoms with E-state index in [1.165, 1.54) is 0 Å². The lowest BCUT2D eigenvalue weighted by Gasteiger charge is -2.01. The molecule has 1 aromatic rings. The van der Waals surface area contributed by atoms with Crippen molar-refractivity contribution >= 4 is 0 Å². The molecule has 1 heterocycles. The molecule has 0 spiro atoms. The van der Waals surface area contributed by atoms with Gasteiger partial charge in [0.2, 0.25) is 0 Å².